The highest BCUT2D eigenvalue weighted by Gasteiger charge is 2.34. The largest absolute Gasteiger partial charge is 0.466 e. The van der Waals surface area contributed by atoms with Gasteiger partial charge in [0, 0.05) is 17.7 Å². The van der Waals surface area contributed by atoms with Crippen LogP contribution >= 0.6 is 0 Å². The van der Waals surface area contributed by atoms with Crippen molar-refractivity contribution in [2.24, 2.45) is 5.41 Å². The molecule has 2 rings (SSSR count). The first-order chi connectivity index (χ1) is 8.54. The van der Waals surface area contributed by atoms with Crippen LogP contribution < -0.4 is 5.69 Å². The number of esters is 1. The van der Waals surface area contributed by atoms with Crippen LogP contribution in [-0.2, 0) is 20.8 Å². The van der Waals surface area contributed by atoms with Crippen molar-refractivity contribution in [2.45, 2.75) is 13.5 Å². The fourth-order valence-electron chi connectivity index (χ4n) is 1.58. The molecule has 0 bridgehead atoms. The molecule has 18 heavy (non-hydrogen) atoms. The van der Waals surface area contributed by atoms with Crippen LogP contribution in [0, 0.1) is 5.41 Å². The number of methoxy groups -OCH3 is 1. The minimum absolute atomic E-state index is 0.0727. The van der Waals surface area contributed by atoms with Crippen molar-refractivity contribution in [1.82, 2.24) is 19.8 Å². The Morgan fingerprint density at radius 2 is 2.28 bits per heavy atom. The molecule has 1 saturated heterocycles. The van der Waals surface area contributed by atoms with E-state index in [0.29, 0.717) is 19.8 Å². The Labute approximate surface area is 103 Å². The molecule has 1 aliphatic heterocycles. The second-order valence-electron chi connectivity index (χ2n) is 4.51. The summed E-state index contributed by atoms with van der Waals surface area (Å²) in [5.41, 5.74) is -0.472. The molecule has 0 unspecified atom stereocenters. The third-order valence-electron chi connectivity index (χ3n) is 2.65. The summed E-state index contributed by atoms with van der Waals surface area (Å²) >= 11 is 0. The number of aromatic nitrogens is 4. The summed E-state index contributed by atoms with van der Waals surface area (Å²) in [5.74, 6) is -0.559. The number of tetrazole rings is 1. The molecule has 8 nitrogen and oxygen atoms in total. The van der Waals surface area contributed by atoms with Crippen molar-refractivity contribution in [3.05, 3.63) is 16.6 Å². The maximum Gasteiger partial charge on any atom is 0.367 e. The number of rotatable bonds is 4. The van der Waals surface area contributed by atoms with Crippen LogP contribution in [0.5, 0.6) is 0 Å². The molecule has 98 valence electrons. The quantitative estimate of drug-likeness (QED) is 0.512. The first-order valence-corrected chi connectivity index (χ1v) is 5.40. The van der Waals surface area contributed by atoms with E-state index in [1.807, 2.05) is 6.92 Å². The van der Waals surface area contributed by atoms with Gasteiger partial charge in [-0.3, -0.25) is 0 Å². The molecule has 0 aromatic carbocycles. The molecule has 0 amide bonds. The van der Waals surface area contributed by atoms with Crippen molar-refractivity contribution in [2.75, 3.05) is 20.3 Å². The van der Waals surface area contributed by atoms with Crippen LogP contribution in [0.25, 0.3) is 6.20 Å². The second-order valence-corrected chi connectivity index (χ2v) is 4.51. The van der Waals surface area contributed by atoms with E-state index in [9.17, 15) is 9.59 Å². The van der Waals surface area contributed by atoms with Crippen LogP contribution in [0.1, 0.15) is 6.92 Å². The molecule has 0 saturated carbocycles. The van der Waals surface area contributed by atoms with Gasteiger partial charge in [-0.25, -0.2) is 9.59 Å². The van der Waals surface area contributed by atoms with E-state index in [2.05, 4.69) is 15.2 Å². The van der Waals surface area contributed by atoms with Gasteiger partial charge >= 0.3 is 11.7 Å². The van der Waals surface area contributed by atoms with Gasteiger partial charge in [0.05, 0.1) is 26.9 Å². The van der Waals surface area contributed by atoms with Crippen LogP contribution in [0.3, 0.4) is 0 Å². The van der Waals surface area contributed by atoms with E-state index in [-0.39, 0.29) is 5.41 Å². The summed E-state index contributed by atoms with van der Waals surface area (Å²) in [7, 11) is 1.25. The minimum atomic E-state index is -0.559. The van der Waals surface area contributed by atoms with E-state index in [0.717, 1.165) is 10.8 Å². The number of carbonyl (C=O) groups excluding carboxylic acids is 1. The van der Waals surface area contributed by atoms with Gasteiger partial charge in [0.15, 0.2) is 0 Å². The summed E-state index contributed by atoms with van der Waals surface area (Å²) in [6.07, 6.45) is 2.33. The van der Waals surface area contributed by atoms with Gasteiger partial charge in [0.25, 0.3) is 0 Å². The van der Waals surface area contributed by atoms with Crippen LogP contribution in [0.15, 0.2) is 10.9 Å². The number of ether oxygens (including phenoxy) is 2. The lowest BCUT2D eigenvalue weighted by Crippen LogP contribution is -2.45. The van der Waals surface area contributed by atoms with E-state index in [4.69, 9.17) is 4.74 Å². The van der Waals surface area contributed by atoms with Gasteiger partial charge < -0.3 is 9.47 Å². The first kappa shape index (κ1) is 12.5. The average Bonchev–Trinajstić information content (AvgIpc) is 2.66. The molecule has 8 heteroatoms. The third kappa shape index (κ3) is 2.48. The van der Waals surface area contributed by atoms with Crippen LogP contribution in [0.2, 0.25) is 0 Å². The van der Waals surface area contributed by atoms with Crippen molar-refractivity contribution in [3.63, 3.8) is 0 Å². The predicted molar refractivity (Wildman–Crippen MR) is 60.6 cm³/mol. The molecule has 1 aromatic heterocycles. The summed E-state index contributed by atoms with van der Waals surface area (Å²) in [6.45, 7) is 3.65. The maximum atomic E-state index is 11.8. The van der Waals surface area contributed by atoms with Gasteiger partial charge in [0.1, 0.15) is 0 Å². The zero-order chi connectivity index (χ0) is 13.2. The number of hydrogen-bond donors (Lipinski definition) is 0. The Morgan fingerprint density at radius 1 is 1.56 bits per heavy atom. The van der Waals surface area contributed by atoms with Crippen molar-refractivity contribution >= 4 is 12.2 Å². The van der Waals surface area contributed by atoms with Gasteiger partial charge in [0.2, 0.25) is 0 Å². The molecular weight excluding hydrogens is 240 g/mol. The molecule has 0 spiro atoms. The maximum absolute atomic E-state index is 11.8. The summed E-state index contributed by atoms with van der Waals surface area (Å²) in [6, 6.07) is 0. The summed E-state index contributed by atoms with van der Waals surface area (Å²) in [4.78, 5) is 22.7. The fourth-order valence-corrected chi connectivity index (χ4v) is 1.58. The monoisotopic (exact) mass is 254 g/mol. The molecular formula is C10H14N4O4. The Bertz CT molecular complexity index is 526. The van der Waals surface area contributed by atoms with Crippen molar-refractivity contribution < 1.29 is 14.3 Å². The average molecular weight is 254 g/mol. The molecule has 1 aliphatic rings. The molecule has 2 heterocycles. The van der Waals surface area contributed by atoms with E-state index >= 15 is 0 Å². The fraction of sp³-hybridized carbons (Fsp3) is 0.600. The third-order valence-corrected chi connectivity index (χ3v) is 2.65. The standard InChI is InChI=1S/C10H14N4O4/c1-10(6-18-7-10)5-14-9(16)13(11-12-14)4-3-8(15)17-2/h3-4H,5-7H2,1-2H3/b4-3+. The van der Waals surface area contributed by atoms with Crippen LogP contribution in [0.4, 0.5) is 0 Å². The van der Waals surface area contributed by atoms with Gasteiger partial charge in [-0.2, -0.15) is 9.36 Å². The normalized spacial score (nSPS) is 17.7. The van der Waals surface area contributed by atoms with Crippen molar-refractivity contribution in [1.29, 1.82) is 0 Å². The molecule has 0 aliphatic carbocycles. The summed E-state index contributed by atoms with van der Waals surface area (Å²) < 4.78 is 11.8. The number of hydrogen-bond acceptors (Lipinski definition) is 6. The molecule has 0 N–H and O–H groups in total. The van der Waals surface area contributed by atoms with Crippen molar-refractivity contribution in [3.8, 4) is 0 Å². The van der Waals surface area contributed by atoms with E-state index in [1.54, 1.807) is 0 Å². The Kier molecular flexibility index (Phi) is 3.28. The number of nitrogens with zero attached hydrogens (tertiary/aromatic N) is 4. The molecule has 0 radical (unpaired) electrons. The minimum Gasteiger partial charge on any atom is -0.466 e. The molecule has 0 atom stereocenters. The topological polar surface area (TPSA) is 88.2 Å². The van der Waals surface area contributed by atoms with Gasteiger partial charge in [-0.15, -0.1) is 0 Å². The molecule has 1 aromatic rings. The zero-order valence-corrected chi connectivity index (χ0v) is 10.2. The zero-order valence-electron chi connectivity index (χ0n) is 10.2. The Balaban J connectivity index is 2.11. The molecule has 1 fully saturated rings. The second kappa shape index (κ2) is 4.73. The van der Waals surface area contributed by atoms with Gasteiger partial charge in [-0.1, -0.05) is 6.92 Å². The van der Waals surface area contributed by atoms with Gasteiger partial charge in [-0.05, 0) is 10.4 Å². The van der Waals surface area contributed by atoms with Crippen LogP contribution in [-0.4, -0.2) is 46.1 Å². The Morgan fingerprint density at radius 3 is 2.83 bits per heavy atom. The highest BCUT2D eigenvalue weighted by molar-refractivity contribution is 5.84. The smallest absolute Gasteiger partial charge is 0.367 e. The lowest BCUT2D eigenvalue weighted by molar-refractivity contribution is -0.134. The van der Waals surface area contributed by atoms with E-state index in [1.165, 1.54) is 18.0 Å². The predicted octanol–water partition coefficient (Wildman–Crippen LogP) is -0.880. The lowest BCUT2D eigenvalue weighted by atomic mass is 9.89. The SMILES string of the molecule is COC(=O)/C=C/n1nnn(CC2(C)COC2)c1=O. The highest BCUT2D eigenvalue weighted by atomic mass is 16.5. The number of carbonyl (C=O) groups is 1. The lowest BCUT2D eigenvalue weighted by Gasteiger charge is -2.37. The van der Waals surface area contributed by atoms with E-state index < -0.39 is 11.7 Å². The summed E-state index contributed by atoms with van der Waals surface area (Å²) in [5, 5.41) is 7.39. The first-order valence-electron chi connectivity index (χ1n) is 5.40. The Hall–Kier alpha value is -1.96. The highest BCUT2D eigenvalue weighted by Crippen LogP contribution is 2.27.